The molecule has 0 saturated carbocycles. The molecule has 0 fully saturated rings. The molecule has 0 unspecified atom stereocenters. The average molecular weight is 173 g/mol. The van der Waals surface area contributed by atoms with Crippen LogP contribution < -0.4 is 0 Å². The van der Waals surface area contributed by atoms with Crippen LogP contribution in [0.4, 0.5) is 4.79 Å². The van der Waals surface area contributed by atoms with Gasteiger partial charge in [-0.1, -0.05) is 4.86 Å². The highest BCUT2D eigenvalue weighted by Crippen LogP contribution is 1.92. The van der Waals surface area contributed by atoms with Crippen LogP contribution >= 0.6 is 0 Å². The number of carbonyl (C=O) groups is 1. The van der Waals surface area contributed by atoms with Gasteiger partial charge in [0.05, 0.1) is 5.11 Å². The van der Waals surface area contributed by atoms with Crippen LogP contribution in [0.15, 0.2) is 5.11 Å². The second kappa shape index (κ2) is 5.51. The molecule has 0 radical (unpaired) electrons. The minimum absolute atomic E-state index is 0.201. The Bertz CT molecular complexity index is 175. The fourth-order valence-electron chi connectivity index (χ4n) is 0.723. The van der Waals surface area contributed by atoms with Crippen LogP contribution in [0.3, 0.4) is 0 Å². The lowest BCUT2D eigenvalue weighted by atomic mass is 10.5. The summed E-state index contributed by atoms with van der Waals surface area (Å²) >= 11 is 0. The molecule has 0 aliphatic rings. The summed E-state index contributed by atoms with van der Waals surface area (Å²) in [5, 5.41) is 14.0. The number of amides is 2. The van der Waals surface area contributed by atoms with Crippen molar-refractivity contribution in [3.63, 3.8) is 0 Å². The molecule has 70 valence electrons. The first-order valence-corrected chi connectivity index (χ1v) is 4.10. The summed E-state index contributed by atoms with van der Waals surface area (Å²) in [5.41, 5.74) is 0. The van der Waals surface area contributed by atoms with E-state index in [1.807, 2.05) is 13.8 Å². The van der Waals surface area contributed by atoms with Crippen LogP contribution in [0, 0.1) is 5.21 Å². The molecule has 0 aliphatic heterocycles. The largest absolute Gasteiger partial charge is 0.600 e. The van der Waals surface area contributed by atoms with Crippen LogP contribution in [0.2, 0.25) is 0 Å². The molecule has 0 atom stereocenters. The SMILES string of the molecule is CCN(CC)C(=O)/N=[N+](\[O-])CC. The van der Waals surface area contributed by atoms with Crippen molar-refractivity contribution in [1.82, 2.24) is 4.90 Å². The summed E-state index contributed by atoms with van der Waals surface area (Å²) in [6.07, 6.45) is 0. The van der Waals surface area contributed by atoms with E-state index < -0.39 is 6.03 Å². The van der Waals surface area contributed by atoms with Crippen LogP contribution in [0.1, 0.15) is 20.8 Å². The van der Waals surface area contributed by atoms with E-state index in [1.54, 1.807) is 6.92 Å². The van der Waals surface area contributed by atoms with Crippen LogP contribution in [-0.4, -0.2) is 35.4 Å². The summed E-state index contributed by atoms with van der Waals surface area (Å²) in [5.74, 6) is 0. The van der Waals surface area contributed by atoms with Crippen molar-refractivity contribution in [3.05, 3.63) is 5.21 Å². The summed E-state index contributed by atoms with van der Waals surface area (Å²) in [6, 6.07) is -0.461. The third-order valence-corrected chi connectivity index (χ3v) is 1.50. The van der Waals surface area contributed by atoms with Crippen molar-refractivity contribution in [3.8, 4) is 0 Å². The van der Waals surface area contributed by atoms with Gasteiger partial charge in [-0.3, -0.25) is 0 Å². The predicted octanol–water partition coefficient (Wildman–Crippen LogP) is 1.43. The molecule has 0 aromatic heterocycles. The van der Waals surface area contributed by atoms with Crippen molar-refractivity contribution in [2.24, 2.45) is 5.11 Å². The van der Waals surface area contributed by atoms with E-state index in [2.05, 4.69) is 5.11 Å². The zero-order chi connectivity index (χ0) is 9.56. The van der Waals surface area contributed by atoms with Crippen molar-refractivity contribution in [2.45, 2.75) is 20.8 Å². The van der Waals surface area contributed by atoms with Gasteiger partial charge in [0, 0.05) is 13.1 Å². The fourth-order valence-corrected chi connectivity index (χ4v) is 0.723. The van der Waals surface area contributed by atoms with Gasteiger partial charge in [0.1, 0.15) is 0 Å². The van der Waals surface area contributed by atoms with E-state index in [0.717, 1.165) is 0 Å². The van der Waals surface area contributed by atoms with E-state index >= 15 is 0 Å². The highest BCUT2D eigenvalue weighted by molar-refractivity contribution is 5.73. The van der Waals surface area contributed by atoms with Crippen LogP contribution in [0.25, 0.3) is 0 Å². The van der Waals surface area contributed by atoms with E-state index in [-0.39, 0.29) is 6.54 Å². The zero-order valence-corrected chi connectivity index (χ0v) is 7.78. The normalized spacial score (nSPS) is 11.4. The molecule has 0 aromatic rings. The smallest absolute Gasteiger partial charge is 0.404 e. The molecular formula is C7H15N3O2. The van der Waals surface area contributed by atoms with Gasteiger partial charge in [-0.15, -0.1) is 0 Å². The number of azo groups is 1. The maximum absolute atomic E-state index is 11.1. The number of hydrogen-bond acceptors (Lipinski definition) is 2. The summed E-state index contributed by atoms with van der Waals surface area (Å²) < 4.78 is 0. The second-order valence-corrected chi connectivity index (χ2v) is 2.22. The molecule has 0 bridgehead atoms. The van der Waals surface area contributed by atoms with Crippen molar-refractivity contribution >= 4 is 6.03 Å². The third-order valence-electron chi connectivity index (χ3n) is 1.50. The van der Waals surface area contributed by atoms with E-state index in [4.69, 9.17) is 0 Å². The Kier molecular flexibility index (Phi) is 4.99. The van der Waals surface area contributed by atoms with Gasteiger partial charge >= 0.3 is 6.03 Å². The second-order valence-electron chi connectivity index (χ2n) is 2.22. The Hall–Kier alpha value is -1.13. The minimum atomic E-state index is -0.461. The highest BCUT2D eigenvalue weighted by atomic mass is 16.5. The molecule has 0 rings (SSSR count). The Morgan fingerprint density at radius 2 is 1.92 bits per heavy atom. The van der Waals surface area contributed by atoms with Gasteiger partial charge in [0.25, 0.3) is 0 Å². The van der Waals surface area contributed by atoms with Crippen molar-refractivity contribution in [1.29, 1.82) is 0 Å². The lowest BCUT2D eigenvalue weighted by Gasteiger charge is -2.13. The molecule has 5 heteroatoms. The summed E-state index contributed by atoms with van der Waals surface area (Å²) in [6.45, 7) is 6.70. The van der Waals surface area contributed by atoms with Crippen LogP contribution in [-0.2, 0) is 0 Å². The topological polar surface area (TPSA) is 58.7 Å². The molecule has 2 amide bonds. The van der Waals surface area contributed by atoms with Gasteiger partial charge < -0.3 is 10.1 Å². The molecule has 0 aromatic carbocycles. The van der Waals surface area contributed by atoms with Gasteiger partial charge in [0.15, 0.2) is 6.54 Å². The van der Waals surface area contributed by atoms with E-state index in [9.17, 15) is 10.0 Å². The fraction of sp³-hybridized carbons (Fsp3) is 0.857. The Morgan fingerprint density at radius 1 is 1.42 bits per heavy atom. The first-order chi connectivity index (χ1) is 5.65. The molecule has 0 N–H and O–H groups in total. The highest BCUT2D eigenvalue weighted by Gasteiger charge is 2.10. The first kappa shape index (κ1) is 10.9. The maximum Gasteiger partial charge on any atom is 0.404 e. The molecule has 5 nitrogen and oxygen atoms in total. The number of rotatable bonds is 3. The Morgan fingerprint density at radius 3 is 2.25 bits per heavy atom. The monoisotopic (exact) mass is 173 g/mol. The number of nitrogens with zero attached hydrogens (tertiary/aromatic N) is 3. The van der Waals surface area contributed by atoms with Crippen LogP contribution in [0.5, 0.6) is 0 Å². The number of hydrogen-bond donors (Lipinski definition) is 0. The zero-order valence-electron chi connectivity index (χ0n) is 7.78. The average Bonchev–Trinajstić information content (AvgIpc) is 2.06. The predicted molar refractivity (Wildman–Crippen MR) is 44.9 cm³/mol. The molecule has 0 aliphatic carbocycles. The Labute approximate surface area is 72.3 Å². The summed E-state index contributed by atoms with van der Waals surface area (Å²) in [4.78, 5) is 13.0. The quantitative estimate of drug-likeness (QED) is 0.368. The standard InChI is InChI=1S/C7H15N3O2/c1-4-9(5-2)7(11)8-10(12)6-3/h4-6H2,1-3H3/b10-8-. The molecule has 0 saturated heterocycles. The van der Waals surface area contributed by atoms with Gasteiger partial charge in [-0.05, 0) is 20.8 Å². The lowest BCUT2D eigenvalue weighted by Crippen LogP contribution is -2.28. The molecule has 12 heavy (non-hydrogen) atoms. The Balaban J connectivity index is 4.18. The lowest BCUT2D eigenvalue weighted by molar-refractivity contribution is -0.520. The first-order valence-electron chi connectivity index (χ1n) is 4.10. The maximum atomic E-state index is 11.1. The number of carbonyl (C=O) groups excluding carboxylic acids is 1. The number of urea groups is 1. The molecular weight excluding hydrogens is 158 g/mol. The van der Waals surface area contributed by atoms with Gasteiger partial charge in [-0.25, -0.2) is 4.79 Å². The van der Waals surface area contributed by atoms with Crippen molar-refractivity contribution in [2.75, 3.05) is 19.6 Å². The number of hydroxylamine groups is 1. The summed E-state index contributed by atoms with van der Waals surface area (Å²) in [7, 11) is 0. The molecule has 0 spiro atoms. The third kappa shape index (κ3) is 3.32. The molecule has 0 heterocycles. The minimum Gasteiger partial charge on any atom is -0.600 e. The van der Waals surface area contributed by atoms with Crippen molar-refractivity contribution < 1.29 is 9.66 Å². The van der Waals surface area contributed by atoms with Gasteiger partial charge in [0.2, 0.25) is 0 Å². The van der Waals surface area contributed by atoms with Gasteiger partial charge in [-0.2, -0.15) is 0 Å². The van der Waals surface area contributed by atoms with E-state index in [1.165, 1.54) is 4.90 Å². The van der Waals surface area contributed by atoms with E-state index in [0.29, 0.717) is 18.0 Å².